The molecule has 2 aromatic carbocycles. The molecule has 2 N–H and O–H groups in total. The van der Waals surface area contributed by atoms with E-state index in [-0.39, 0.29) is 11.0 Å². The van der Waals surface area contributed by atoms with Crippen molar-refractivity contribution in [2.24, 2.45) is 0 Å². The van der Waals surface area contributed by atoms with Crippen molar-refractivity contribution in [3.8, 4) is 5.75 Å². The molecule has 0 unspecified atom stereocenters. The molecular weight excluding hydrogens is 314 g/mol. The largest absolute Gasteiger partial charge is 0.496 e. The van der Waals surface area contributed by atoms with Crippen LogP contribution in [0, 0.1) is 0 Å². The number of ether oxygens (including phenoxy) is 1. The summed E-state index contributed by atoms with van der Waals surface area (Å²) in [5.74, 6) is 1.44. The SMILES string of the molecule is COc1ccccc1C1(CNc2nc3ccccc3c(=O)[nH]2)CCC1. The molecule has 0 atom stereocenters. The number of hydrogen-bond acceptors (Lipinski definition) is 4. The van der Waals surface area contributed by atoms with Crippen LogP contribution in [0.4, 0.5) is 5.95 Å². The molecule has 0 aliphatic heterocycles. The fraction of sp³-hybridized carbons (Fsp3) is 0.300. The minimum atomic E-state index is -0.118. The van der Waals surface area contributed by atoms with E-state index in [1.807, 2.05) is 36.4 Å². The van der Waals surface area contributed by atoms with Crippen molar-refractivity contribution in [3.63, 3.8) is 0 Å². The molecule has 1 aliphatic rings. The lowest BCUT2D eigenvalue weighted by molar-refractivity contribution is 0.250. The molecule has 1 aliphatic carbocycles. The van der Waals surface area contributed by atoms with E-state index in [1.54, 1.807) is 13.2 Å². The van der Waals surface area contributed by atoms with Crippen molar-refractivity contribution in [3.05, 3.63) is 64.4 Å². The maximum Gasteiger partial charge on any atom is 0.260 e. The van der Waals surface area contributed by atoms with Crippen LogP contribution in [-0.2, 0) is 5.41 Å². The van der Waals surface area contributed by atoms with E-state index in [9.17, 15) is 4.79 Å². The van der Waals surface area contributed by atoms with Gasteiger partial charge in [-0.05, 0) is 31.0 Å². The molecule has 3 aromatic rings. The molecule has 0 radical (unpaired) electrons. The fourth-order valence-corrected chi connectivity index (χ4v) is 3.65. The molecule has 25 heavy (non-hydrogen) atoms. The molecule has 1 aromatic heterocycles. The van der Waals surface area contributed by atoms with Crippen LogP contribution in [0.15, 0.2) is 53.3 Å². The van der Waals surface area contributed by atoms with Crippen molar-refractivity contribution in [2.45, 2.75) is 24.7 Å². The lowest BCUT2D eigenvalue weighted by Crippen LogP contribution is -2.41. The van der Waals surface area contributed by atoms with Crippen molar-refractivity contribution in [2.75, 3.05) is 19.0 Å². The Bertz CT molecular complexity index is 960. The second-order valence-corrected chi connectivity index (χ2v) is 6.62. The van der Waals surface area contributed by atoms with Crippen LogP contribution in [-0.4, -0.2) is 23.6 Å². The summed E-state index contributed by atoms with van der Waals surface area (Å²) in [6.07, 6.45) is 3.39. The first-order valence-corrected chi connectivity index (χ1v) is 8.58. The smallest absolute Gasteiger partial charge is 0.260 e. The summed E-state index contributed by atoms with van der Waals surface area (Å²) >= 11 is 0. The molecular formula is C20H21N3O2. The van der Waals surface area contributed by atoms with Crippen molar-refractivity contribution >= 4 is 16.9 Å². The highest BCUT2D eigenvalue weighted by molar-refractivity contribution is 5.78. The summed E-state index contributed by atoms with van der Waals surface area (Å²) in [5, 5.41) is 3.96. The molecule has 0 bridgehead atoms. The van der Waals surface area contributed by atoms with Crippen LogP contribution in [0.25, 0.3) is 10.9 Å². The number of nitrogens with zero attached hydrogens (tertiary/aromatic N) is 1. The molecule has 1 heterocycles. The Labute approximate surface area is 146 Å². The Kier molecular flexibility index (Phi) is 3.92. The summed E-state index contributed by atoms with van der Waals surface area (Å²) in [7, 11) is 1.71. The predicted molar refractivity (Wildman–Crippen MR) is 99.4 cm³/mol. The van der Waals surface area contributed by atoms with E-state index in [0.717, 1.165) is 18.6 Å². The molecule has 128 valence electrons. The first-order valence-electron chi connectivity index (χ1n) is 8.58. The number of nitrogens with one attached hydrogen (secondary N) is 2. The topological polar surface area (TPSA) is 67.0 Å². The van der Waals surface area contributed by atoms with Gasteiger partial charge in [0.15, 0.2) is 0 Å². The Morgan fingerprint density at radius 2 is 1.92 bits per heavy atom. The Morgan fingerprint density at radius 3 is 2.68 bits per heavy atom. The minimum Gasteiger partial charge on any atom is -0.496 e. The van der Waals surface area contributed by atoms with Crippen LogP contribution in [0.2, 0.25) is 0 Å². The molecule has 1 fully saturated rings. The third kappa shape index (κ3) is 2.76. The first-order chi connectivity index (χ1) is 12.2. The van der Waals surface area contributed by atoms with Crippen LogP contribution in [0.5, 0.6) is 5.75 Å². The molecule has 0 saturated heterocycles. The van der Waals surface area contributed by atoms with Gasteiger partial charge in [0, 0.05) is 17.5 Å². The normalized spacial score (nSPS) is 15.6. The summed E-state index contributed by atoms with van der Waals surface area (Å²) in [6.45, 7) is 0.717. The van der Waals surface area contributed by atoms with E-state index in [2.05, 4.69) is 21.4 Å². The highest BCUT2D eigenvalue weighted by Crippen LogP contribution is 2.47. The van der Waals surface area contributed by atoms with Crippen molar-refractivity contribution in [1.29, 1.82) is 0 Å². The zero-order chi connectivity index (χ0) is 17.3. The molecule has 0 spiro atoms. The quantitative estimate of drug-likeness (QED) is 0.749. The van der Waals surface area contributed by atoms with Gasteiger partial charge in [0.1, 0.15) is 5.75 Å². The minimum absolute atomic E-state index is 0.0246. The highest BCUT2D eigenvalue weighted by atomic mass is 16.5. The zero-order valence-electron chi connectivity index (χ0n) is 14.2. The van der Waals surface area contributed by atoms with Crippen molar-refractivity contribution in [1.82, 2.24) is 9.97 Å². The second kappa shape index (κ2) is 6.24. The van der Waals surface area contributed by atoms with Crippen molar-refractivity contribution < 1.29 is 4.74 Å². The van der Waals surface area contributed by atoms with Gasteiger partial charge in [-0.3, -0.25) is 9.78 Å². The summed E-state index contributed by atoms with van der Waals surface area (Å²) in [5.41, 5.74) is 1.83. The van der Waals surface area contributed by atoms with Crippen LogP contribution >= 0.6 is 0 Å². The maximum atomic E-state index is 12.2. The number of aromatic amines is 1. The van der Waals surface area contributed by atoms with E-state index in [0.29, 0.717) is 23.4 Å². The average molecular weight is 335 g/mol. The number of hydrogen-bond donors (Lipinski definition) is 2. The third-order valence-electron chi connectivity index (χ3n) is 5.20. The van der Waals surface area contributed by atoms with Gasteiger partial charge in [-0.25, -0.2) is 4.98 Å². The lowest BCUT2D eigenvalue weighted by atomic mass is 9.64. The Balaban J connectivity index is 1.62. The monoisotopic (exact) mass is 335 g/mol. The van der Waals surface area contributed by atoms with Gasteiger partial charge in [-0.15, -0.1) is 0 Å². The van der Waals surface area contributed by atoms with Crippen LogP contribution < -0.4 is 15.6 Å². The van der Waals surface area contributed by atoms with E-state index in [4.69, 9.17) is 4.74 Å². The Hall–Kier alpha value is -2.82. The summed E-state index contributed by atoms with van der Waals surface area (Å²) < 4.78 is 5.55. The first kappa shape index (κ1) is 15.7. The predicted octanol–water partition coefficient (Wildman–Crippen LogP) is 3.47. The van der Waals surface area contributed by atoms with Gasteiger partial charge in [-0.1, -0.05) is 36.8 Å². The zero-order valence-corrected chi connectivity index (χ0v) is 14.2. The van der Waals surface area contributed by atoms with Gasteiger partial charge in [0.25, 0.3) is 5.56 Å². The average Bonchev–Trinajstić information content (AvgIpc) is 2.61. The molecule has 5 heteroatoms. The van der Waals surface area contributed by atoms with E-state index in [1.165, 1.54) is 12.0 Å². The van der Waals surface area contributed by atoms with Crippen LogP contribution in [0.3, 0.4) is 0 Å². The number of aromatic nitrogens is 2. The maximum absolute atomic E-state index is 12.2. The molecule has 5 nitrogen and oxygen atoms in total. The van der Waals surface area contributed by atoms with E-state index >= 15 is 0 Å². The number of benzene rings is 2. The van der Waals surface area contributed by atoms with Gasteiger partial charge >= 0.3 is 0 Å². The highest BCUT2D eigenvalue weighted by Gasteiger charge is 2.40. The van der Waals surface area contributed by atoms with Crippen LogP contribution in [0.1, 0.15) is 24.8 Å². The number of anilines is 1. The summed E-state index contributed by atoms with van der Waals surface area (Å²) in [6, 6.07) is 15.6. The van der Waals surface area contributed by atoms with Gasteiger partial charge in [0.2, 0.25) is 5.95 Å². The fourth-order valence-electron chi connectivity index (χ4n) is 3.65. The van der Waals surface area contributed by atoms with Gasteiger partial charge in [-0.2, -0.15) is 0 Å². The number of H-pyrrole nitrogens is 1. The van der Waals surface area contributed by atoms with E-state index < -0.39 is 0 Å². The third-order valence-corrected chi connectivity index (χ3v) is 5.20. The molecule has 4 rings (SSSR count). The van der Waals surface area contributed by atoms with Gasteiger partial charge < -0.3 is 10.1 Å². The van der Waals surface area contributed by atoms with Gasteiger partial charge in [0.05, 0.1) is 18.0 Å². The summed E-state index contributed by atoms with van der Waals surface area (Å²) in [4.78, 5) is 19.6. The number of fused-ring (bicyclic) bond motifs is 1. The number of methoxy groups -OCH3 is 1. The second-order valence-electron chi connectivity index (χ2n) is 6.62. The number of rotatable bonds is 5. The molecule has 0 amide bonds. The Morgan fingerprint density at radius 1 is 1.16 bits per heavy atom. The molecule has 1 saturated carbocycles. The number of para-hydroxylation sites is 2. The lowest BCUT2D eigenvalue weighted by Gasteiger charge is -2.43. The standard InChI is InChI=1S/C20H21N3O2/c1-25-17-10-5-3-8-15(17)20(11-6-12-20)13-21-19-22-16-9-4-2-7-14(16)18(24)23-19/h2-5,7-10H,6,11-13H2,1H3,(H2,21,22,23,24).